The van der Waals surface area contributed by atoms with Gasteiger partial charge in [0.05, 0.1) is 42.3 Å². The van der Waals surface area contributed by atoms with Gasteiger partial charge in [0.25, 0.3) is 11.8 Å². The number of hydrogen-bond acceptors (Lipinski definition) is 8. The number of fused-ring (bicyclic) bond motifs is 4. The fourth-order valence-electron chi connectivity index (χ4n) is 8.78. The molecular weight excluding hydrogens is 924 g/mol. The van der Waals surface area contributed by atoms with Crippen molar-refractivity contribution in [3.8, 4) is 11.5 Å². The number of aromatic hydroxyl groups is 1. The van der Waals surface area contributed by atoms with E-state index in [1.165, 1.54) is 13.2 Å². The number of ether oxygens (including phenoxy) is 2. The molecule has 3 aliphatic heterocycles. The molecule has 56 heavy (non-hydrogen) atoms. The predicted molar refractivity (Wildman–Crippen MR) is 198 cm³/mol. The van der Waals surface area contributed by atoms with Crippen molar-refractivity contribution in [3.05, 3.63) is 85.6 Å². The standard InChI is InChI=1S/C37H26Br2Cl2F5N3O7/c1-55-20-12-18(23(38)24(39)31(20)50)22-16-6-7-17-21(33(52)48(32(17)51)15-4-2-14(3-5-15)47-8-10-56-11-9-47)19(16)13-36(40)34(53)49(35(54)37(22,36)41)30-28(45)26(43)25(42)27(44)29(30)46/h2-6,12,17,19,21-22,50H,7-11,13H2,1H3. The number of morpholine rings is 1. The third kappa shape index (κ3) is 5.18. The topological polar surface area (TPSA) is 117 Å². The van der Waals surface area contributed by atoms with Crippen LogP contribution in [0.5, 0.6) is 11.5 Å². The molecule has 6 unspecified atom stereocenters. The van der Waals surface area contributed by atoms with Gasteiger partial charge in [0.15, 0.2) is 44.5 Å². The van der Waals surface area contributed by atoms with Crippen LogP contribution in [0.4, 0.5) is 39.0 Å². The molecule has 0 radical (unpaired) electrons. The van der Waals surface area contributed by atoms with Crippen LogP contribution in [0.25, 0.3) is 0 Å². The summed E-state index contributed by atoms with van der Waals surface area (Å²) in [5.41, 5.74) is -0.523. The van der Waals surface area contributed by atoms with Gasteiger partial charge in [-0.1, -0.05) is 11.6 Å². The van der Waals surface area contributed by atoms with E-state index in [-0.39, 0.29) is 42.8 Å². The quantitative estimate of drug-likeness (QED) is 0.0713. The number of amides is 4. The zero-order valence-corrected chi connectivity index (χ0v) is 33.3. The normalized spacial score (nSPS) is 28.8. The highest BCUT2D eigenvalue weighted by Crippen LogP contribution is 2.67. The number of benzene rings is 3. The van der Waals surface area contributed by atoms with Crippen LogP contribution in [-0.2, 0) is 23.9 Å². The molecule has 1 N–H and O–H groups in total. The first kappa shape index (κ1) is 39.1. The maximum absolute atomic E-state index is 15.4. The van der Waals surface area contributed by atoms with Crippen molar-refractivity contribution in [1.29, 1.82) is 0 Å². The molecule has 19 heteroatoms. The molecule has 3 aromatic carbocycles. The summed E-state index contributed by atoms with van der Waals surface area (Å²) in [6.07, 6.45) is 0.848. The summed E-state index contributed by atoms with van der Waals surface area (Å²) in [6, 6.07) is 8.05. The van der Waals surface area contributed by atoms with Gasteiger partial charge in [0.1, 0.15) is 5.69 Å². The molecule has 10 nitrogen and oxygen atoms in total. The molecular formula is C37H26Br2Cl2F5N3O7. The Morgan fingerprint density at radius 1 is 0.821 bits per heavy atom. The number of carbonyl (C=O) groups is 4. The number of halogens is 9. The van der Waals surface area contributed by atoms with Crippen molar-refractivity contribution >= 4 is 95.8 Å². The average Bonchev–Trinajstić information content (AvgIpc) is 3.54. The number of anilines is 3. The average molecular weight is 950 g/mol. The minimum Gasteiger partial charge on any atom is -0.503 e. The summed E-state index contributed by atoms with van der Waals surface area (Å²) >= 11 is 21.1. The largest absolute Gasteiger partial charge is 0.503 e. The number of carbonyl (C=O) groups excluding carboxylic acids is 4. The van der Waals surface area contributed by atoms with Crippen molar-refractivity contribution in [2.24, 2.45) is 17.8 Å². The lowest BCUT2D eigenvalue weighted by Crippen LogP contribution is -2.60. The molecule has 0 bridgehead atoms. The number of phenolic OH excluding ortho intramolecular Hbond substituents is 1. The SMILES string of the molecule is COc1cc(C2C3=CCC4C(=O)N(c5ccc(N6CCOCC6)cc5)C(=O)C4C3CC3(Cl)C(=O)N(c4c(F)c(F)c(F)c(F)c4F)C(=O)C23Cl)c(Br)c(Br)c1O. The summed E-state index contributed by atoms with van der Waals surface area (Å²) in [5.74, 6) is -22.3. The van der Waals surface area contributed by atoms with Gasteiger partial charge < -0.3 is 19.5 Å². The molecule has 0 aromatic heterocycles. The number of hydrogen-bond donors (Lipinski definition) is 1. The van der Waals surface area contributed by atoms with E-state index < -0.39 is 104 Å². The van der Waals surface area contributed by atoms with Gasteiger partial charge in [0, 0.05) is 29.2 Å². The Bertz CT molecular complexity index is 2290. The van der Waals surface area contributed by atoms with Crippen LogP contribution < -0.4 is 19.4 Å². The highest BCUT2D eigenvalue weighted by Gasteiger charge is 2.77. The van der Waals surface area contributed by atoms with Crippen LogP contribution in [0, 0.1) is 46.8 Å². The zero-order valence-electron chi connectivity index (χ0n) is 28.7. The maximum Gasteiger partial charge on any atom is 0.258 e. The Labute approximate surface area is 341 Å². The highest BCUT2D eigenvalue weighted by molar-refractivity contribution is 9.13. The van der Waals surface area contributed by atoms with Gasteiger partial charge in [-0.15, -0.1) is 23.2 Å². The van der Waals surface area contributed by atoms with Crippen molar-refractivity contribution in [3.63, 3.8) is 0 Å². The van der Waals surface area contributed by atoms with Crippen molar-refractivity contribution in [1.82, 2.24) is 0 Å². The molecule has 5 aliphatic rings. The van der Waals surface area contributed by atoms with Crippen LogP contribution in [0.1, 0.15) is 24.3 Å². The molecule has 0 spiro atoms. The molecule has 4 fully saturated rings. The van der Waals surface area contributed by atoms with Crippen LogP contribution in [0.2, 0.25) is 0 Å². The minimum atomic E-state index is -2.77. The predicted octanol–water partition coefficient (Wildman–Crippen LogP) is 7.23. The Morgan fingerprint density at radius 2 is 1.41 bits per heavy atom. The second-order valence-corrected chi connectivity index (χ2v) is 16.8. The smallest absolute Gasteiger partial charge is 0.258 e. The Hall–Kier alpha value is -3.77. The summed E-state index contributed by atoms with van der Waals surface area (Å²) in [4.78, 5) is 55.1. The molecule has 3 saturated heterocycles. The fourth-order valence-corrected chi connectivity index (χ4v) is 10.7. The lowest BCUT2D eigenvalue weighted by atomic mass is 9.56. The highest BCUT2D eigenvalue weighted by atomic mass is 79.9. The fraction of sp³-hybridized carbons (Fsp3) is 0.351. The van der Waals surface area contributed by atoms with E-state index in [0.29, 0.717) is 26.3 Å². The first-order valence-electron chi connectivity index (χ1n) is 17.0. The van der Waals surface area contributed by atoms with Gasteiger partial charge in [-0.3, -0.25) is 24.1 Å². The molecule has 1 saturated carbocycles. The van der Waals surface area contributed by atoms with E-state index in [0.717, 1.165) is 10.6 Å². The first-order valence-corrected chi connectivity index (χ1v) is 19.4. The minimum absolute atomic E-state index is 0.0177. The number of phenols is 1. The van der Waals surface area contributed by atoms with E-state index in [1.807, 2.05) is 0 Å². The van der Waals surface area contributed by atoms with Crippen LogP contribution in [-0.4, -0.2) is 71.9 Å². The maximum atomic E-state index is 15.4. The molecule has 294 valence electrons. The van der Waals surface area contributed by atoms with Gasteiger partial charge in [0.2, 0.25) is 17.6 Å². The Balaban J connectivity index is 1.28. The molecule has 3 heterocycles. The summed E-state index contributed by atoms with van der Waals surface area (Å²) in [6.45, 7) is 2.37. The molecule has 8 rings (SSSR count). The second kappa shape index (κ2) is 13.7. The van der Waals surface area contributed by atoms with Gasteiger partial charge in [-0.25, -0.2) is 26.9 Å². The van der Waals surface area contributed by atoms with Gasteiger partial charge in [-0.05, 0) is 86.5 Å². The molecule has 6 atom stereocenters. The third-order valence-electron chi connectivity index (χ3n) is 11.4. The second-order valence-electron chi connectivity index (χ2n) is 14.0. The number of nitrogens with zero attached hydrogens (tertiary/aromatic N) is 3. The van der Waals surface area contributed by atoms with Gasteiger partial charge >= 0.3 is 0 Å². The first-order chi connectivity index (χ1) is 26.5. The summed E-state index contributed by atoms with van der Waals surface area (Å²) < 4.78 is 84.9. The van der Waals surface area contributed by atoms with E-state index in [1.54, 1.807) is 30.3 Å². The van der Waals surface area contributed by atoms with E-state index in [2.05, 4.69) is 36.8 Å². The monoisotopic (exact) mass is 947 g/mol. The van der Waals surface area contributed by atoms with E-state index >= 15 is 8.78 Å². The van der Waals surface area contributed by atoms with E-state index in [4.69, 9.17) is 32.7 Å². The number of rotatable bonds is 5. The van der Waals surface area contributed by atoms with Crippen LogP contribution in [0.3, 0.4) is 0 Å². The summed E-state index contributed by atoms with van der Waals surface area (Å²) in [5, 5.41) is 10.8. The van der Waals surface area contributed by atoms with Crippen molar-refractivity contribution in [2.45, 2.75) is 28.5 Å². The Kier molecular flexibility index (Phi) is 9.54. The molecule has 2 aliphatic carbocycles. The zero-order chi connectivity index (χ0) is 40.3. The third-order valence-corrected chi connectivity index (χ3v) is 15.0. The number of imide groups is 2. The number of methoxy groups -OCH3 is 1. The molecule has 4 amide bonds. The Morgan fingerprint density at radius 3 is 2.02 bits per heavy atom. The van der Waals surface area contributed by atoms with Crippen molar-refractivity contribution in [2.75, 3.05) is 48.1 Å². The lowest BCUT2D eigenvalue weighted by molar-refractivity contribution is -0.125. The van der Waals surface area contributed by atoms with Crippen LogP contribution in [0.15, 0.2) is 50.9 Å². The number of alkyl halides is 2. The number of allylic oxidation sites excluding steroid dienone is 2. The molecule has 3 aromatic rings. The van der Waals surface area contributed by atoms with Gasteiger partial charge in [-0.2, -0.15) is 0 Å². The summed E-state index contributed by atoms with van der Waals surface area (Å²) in [7, 11) is 1.22. The van der Waals surface area contributed by atoms with E-state index in [9.17, 15) is 37.5 Å². The van der Waals surface area contributed by atoms with Crippen LogP contribution >= 0.6 is 55.1 Å². The van der Waals surface area contributed by atoms with Crippen molar-refractivity contribution < 1.29 is 55.7 Å². The lowest BCUT2D eigenvalue weighted by Gasteiger charge is -2.51.